The summed E-state index contributed by atoms with van der Waals surface area (Å²) in [6, 6.07) is 0. The Bertz CT molecular complexity index is 386. The molecule has 17 heavy (non-hydrogen) atoms. The normalized spacial score (nSPS) is 17.8. The number of nitrogen functional groups attached to an aromatic ring is 1. The lowest BCUT2D eigenvalue weighted by Crippen LogP contribution is -2.36. The molecule has 2 N–H and O–H groups in total. The zero-order chi connectivity index (χ0) is 12.4. The smallest absolute Gasteiger partial charge is 0.222 e. The number of rotatable bonds is 2. The van der Waals surface area contributed by atoms with E-state index in [2.05, 4.69) is 28.7 Å². The van der Waals surface area contributed by atoms with E-state index in [0.717, 1.165) is 30.7 Å². The first-order valence-corrected chi connectivity index (χ1v) is 6.48. The zero-order valence-corrected chi connectivity index (χ0v) is 11.1. The number of nitrogens with zero attached hydrogens (tertiary/aromatic N) is 3. The molecule has 1 saturated heterocycles. The van der Waals surface area contributed by atoms with E-state index in [0.29, 0.717) is 5.02 Å². The Labute approximate surface area is 107 Å². The van der Waals surface area contributed by atoms with E-state index in [9.17, 15) is 0 Å². The quantitative estimate of drug-likeness (QED) is 0.881. The second-order valence-corrected chi connectivity index (χ2v) is 5.38. The van der Waals surface area contributed by atoms with Crippen molar-refractivity contribution in [2.75, 3.05) is 23.7 Å². The van der Waals surface area contributed by atoms with Gasteiger partial charge in [0, 0.05) is 13.1 Å². The highest BCUT2D eigenvalue weighted by molar-refractivity contribution is 6.32. The van der Waals surface area contributed by atoms with Crippen molar-refractivity contribution in [2.45, 2.75) is 26.7 Å². The van der Waals surface area contributed by atoms with Gasteiger partial charge in [0.05, 0.1) is 6.20 Å². The third kappa shape index (κ3) is 2.80. The average molecular weight is 255 g/mol. The van der Waals surface area contributed by atoms with E-state index in [1.807, 2.05) is 0 Å². The molecule has 1 aliphatic heterocycles. The Hall–Kier alpha value is -1.03. The molecule has 0 amide bonds. The van der Waals surface area contributed by atoms with Crippen LogP contribution in [-0.2, 0) is 0 Å². The van der Waals surface area contributed by atoms with Crippen LogP contribution in [0.1, 0.15) is 26.7 Å². The molecule has 1 aromatic heterocycles. The number of anilines is 2. The molecular formula is C12H19ClN4. The fourth-order valence-electron chi connectivity index (χ4n) is 2.37. The Kier molecular flexibility index (Phi) is 3.72. The van der Waals surface area contributed by atoms with Gasteiger partial charge in [-0.1, -0.05) is 25.4 Å². The minimum absolute atomic E-state index is 0.287. The van der Waals surface area contributed by atoms with E-state index in [1.54, 1.807) is 6.20 Å². The SMILES string of the molecule is CC(C)C1CCN(c2nc(N)ncc2Cl)CC1. The lowest BCUT2D eigenvalue weighted by atomic mass is 9.87. The molecule has 1 aliphatic rings. The molecule has 4 nitrogen and oxygen atoms in total. The first-order chi connectivity index (χ1) is 8.08. The maximum absolute atomic E-state index is 6.11. The summed E-state index contributed by atoms with van der Waals surface area (Å²) in [5, 5.41) is 0.585. The Morgan fingerprint density at radius 2 is 2.06 bits per heavy atom. The van der Waals surface area contributed by atoms with E-state index >= 15 is 0 Å². The summed E-state index contributed by atoms with van der Waals surface area (Å²) in [7, 11) is 0. The third-order valence-corrected chi connectivity index (χ3v) is 3.79. The monoisotopic (exact) mass is 254 g/mol. The van der Waals surface area contributed by atoms with E-state index in [1.165, 1.54) is 12.8 Å². The molecule has 0 saturated carbocycles. The first-order valence-electron chi connectivity index (χ1n) is 6.11. The highest BCUT2D eigenvalue weighted by atomic mass is 35.5. The Morgan fingerprint density at radius 3 is 2.65 bits per heavy atom. The second-order valence-electron chi connectivity index (χ2n) is 4.97. The number of hydrogen-bond acceptors (Lipinski definition) is 4. The maximum atomic E-state index is 6.11. The molecule has 1 fully saturated rings. The van der Waals surface area contributed by atoms with Crippen LogP contribution in [0.25, 0.3) is 0 Å². The van der Waals surface area contributed by atoms with Crippen LogP contribution in [0.3, 0.4) is 0 Å². The van der Waals surface area contributed by atoms with Crippen LogP contribution in [0, 0.1) is 11.8 Å². The summed E-state index contributed by atoms with van der Waals surface area (Å²) < 4.78 is 0. The minimum Gasteiger partial charge on any atom is -0.368 e. The molecule has 1 aromatic rings. The van der Waals surface area contributed by atoms with Gasteiger partial charge in [-0.05, 0) is 24.7 Å². The topological polar surface area (TPSA) is 55.0 Å². The molecule has 0 bridgehead atoms. The first kappa shape index (κ1) is 12.4. The summed E-state index contributed by atoms with van der Waals surface area (Å²) in [5.74, 6) is 2.63. The Balaban J connectivity index is 2.07. The van der Waals surface area contributed by atoms with Gasteiger partial charge in [0.15, 0.2) is 5.82 Å². The van der Waals surface area contributed by atoms with E-state index in [4.69, 9.17) is 17.3 Å². The van der Waals surface area contributed by atoms with Crippen LogP contribution in [0.15, 0.2) is 6.20 Å². The predicted octanol–water partition coefficient (Wildman–Crippen LogP) is 2.58. The summed E-state index contributed by atoms with van der Waals surface area (Å²) in [5.41, 5.74) is 5.60. The van der Waals surface area contributed by atoms with Crippen molar-refractivity contribution < 1.29 is 0 Å². The lowest BCUT2D eigenvalue weighted by molar-refractivity contribution is 0.310. The highest BCUT2D eigenvalue weighted by Crippen LogP contribution is 2.30. The van der Waals surface area contributed by atoms with Crippen molar-refractivity contribution in [1.29, 1.82) is 0 Å². The van der Waals surface area contributed by atoms with Gasteiger partial charge in [0.25, 0.3) is 0 Å². The van der Waals surface area contributed by atoms with Crippen molar-refractivity contribution in [3.05, 3.63) is 11.2 Å². The van der Waals surface area contributed by atoms with Crippen molar-refractivity contribution in [3.8, 4) is 0 Å². The van der Waals surface area contributed by atoms with Gasteiger partial charge in [0.1, 0.15) is 5.02 Å². The van der Waals surface area contributed by atoms with Gasteiger partial charge >= 0.3 is 0 Å². The second kappa shape index (κ2) is 5.08. The molecule has 5 heteroatoms. The van der Waals surface area contributed by atoms with E-state index < -0.39 is 0 Å². The van der Waals surface area contributed by atoms with Crippen LogP contribution < -0.4 is 10.6 Å². The fraction of sp³-hybridized carbons (Fsp3) is 0.667. The van der Waals surface area contributed by atoms with Crippen LogP contribution in [-0.4, -0.2) is 23.1 Å². The minimum atomic E-state index is 0.287. The highest BCUT2D eigenvalue weighted by Gasteiger charge is 2.23. The van der Waals surface area contributed by atoms with Crippen LogP contribution in [0.2, 0.25) is 5.02 Å². The number of aromatic nitrogens is 2. The van der Waals surface area contributed by atoms with Gasteiger partial charge in [-0.3, -0.25) is 0 Å². The van der Waals surface area contributed by atoms with Gasteiger partial charge in [0.2, 0.25) is 5.95 Å². The van der Waals surface area contributed by atoms with Crippen molar-refractivity contribution in [1.82, 2.24) is 9.97 Å². The molecule has 0 aromatic carbocycles. The number of halogens is 1. The summed E-state index contributed by atoms with van der Waals surface area (Å²) >= 11 is 6.11. The molecule has 0 atom stereocenters. The molecule has 0 aliphatic carbocycles. The number of piperidine rings is 1. The van der Waals surface area contributed by atoms with Gasteiger partial charge < -0.3 is 10.6 Å². The standard InChI is InChI=1S/C12H19ClN4/c1-8(2)9-3-5-17(6-4-9)11-10(13)7-15-12(14)16-11/h7-9H,3-6H2,1-2H3,(H2,14,15,16). The fourth-order valence-corrected chi connectivity index (χ4v) is 2.58. The summed E-state index contributed by atoms with van der Waals surface area (Å²) in [4.78, 5) is 10.3. The summed E-state index contributed by atoms with van der Waals surface area (Å²) in [6.45, 7) is 6.57. The van der Waals surface area contributed by atoms with Gasteiger partial charge in [-0.2, -0.15) is 4.98 Å². The van der Waals surface area contributed by atoms with Gasteiger partial charge in [-0.25, -0.2) is 4.98 Å². The van der Waals surface area contributed by atoms with E-state index in [-0.39, 0.29) is 5.95 Å². The molecule has 0 radical (unpaired) electrons. The lowest BCUT2D eigenvalue weighted by Gasteiger charge is -2.34. The predicted molar refractivity (Wildman–Crippen MR) is 71.2 cm³/mol. The molecule has 2 heterocycles. The van der Waals surface area contributed by atoms with Gasteiger partial charge in [-0.15, -0.1) is 0 Å². The molecule has 0 unspecified atom stereocenters. The maximum Gasteiger partial charge on any atom is 0.222 e. The molecule has 0 spiro atoms. The van der Waals surface area contributed by atoms with Crippen molar-refractivity contribution >= 4 is 23.4 Å². The largest absolute Gasteiger partial charge is 0.368 e. The number of hydrogen-bond donors (Lipinski definition) is 1. The van der Waals surface area contributed by atoms with Crippen LogP contribution >= 0.6 is 11.6 Å². The summed E-state index contributed by atoms with van der Waals surface area (Å²) in [6.07, 6.45) is 3.96. The molecule has 2 rings (SSSR count). The molecular weight excluding hydrogens is 236 g/mol. The number of nitrogens with two attached hydrogens (primary N) is 1. The zero-order valence-electron chi connectivity index (χ0n) is 10.4. The van der Waals surface area contributed by atoms with Crippen molar-refractivity contribution in [3.63, 3.8) is 0 Å². The van der Waals surface area contributed by atoms with Crippen molar-refractivity contribution in [2.24, 2.45) is 11.8 Å². The average Bonchev–Trinajstić information content (AvgIpc) is 2.32. The van der Waals surface area contributed by atoms with Crippen LogP contribution in [0.5, 0.6) is 0 Å². The Morgan fingerprint density at radius 1 is 1.41 bits per heavy atom. The molecule has 94 valence electrons. The third-order valence-electron chi connectivity index (χ3n) is 3.53. The van der Waals surface area contributed by atoms with Crippen LogP contribution in [0.4, 0.5) is 11.8 Å².